The van der Waals surface area contributed by atoms with Gasteiger partial charge in [-0.3, -0.25) is 14.5 Å². The Morgan fingerprint density at radius 2 is 2.05 bits per heavy atom. The monoisotopic (exact) mass is 332 g/mol. The maximum atomic E-state index is 12.0. The van der Waals surface area contributed by atoms with Crippen molar-refractivity contribution in [1.29, 1.82) is 0 Å². The van der Waals surface area contributed by atoms with E-state index in [1.54, 1.807) is 30.0 Å². The van der Waals surface area contributed by atoms with E-state index in [-0.39, 0.29) is 17.5 Å². The highest BCUT2D eigenvalue weighted by Crippen LogP contribution is 2.29. The van der Waals surface area contributed by atoms with Gasteiger partial charge in [-0.1, -0.05) is 43.1 Å². The number of carbonyl (C=O) groups is 2. The molecule has 0 bridgehead atoms. The second kappa shape index (κ2) is 8.22. The van der Waals surface area contributed by atoms with Crippen molar-refractivity contribution in [2.75, 3.05) is 25.0 Å². The van der Waals surface area contributed by atoms with Crippen molar-refractivity contribution in [3.8, 4) is 0 Å². The largest absolute Gasteiger partial charge is 0.481 e. The van der Waals surface area contributed by atoms with E-state index in [1.165, 1.54) is 0 Å². The maximum Gasteiger partial charge on any atom is 0.307 e. The molecule has 0 aliphatic rings. The summed E-state index contributed by atoms with van der Waals surface area (Å²) in [6.45, 7) is 4.46. The molecule has 0 aliphatic heterocycles. The van der Waals surface area contributed by atoms with Crippen LogP contribution in [0.5, 0.6) is 0 Å². The minimum atomic E-state index is -0.883. The van der Waals surface area contributed by atoms with E-state index in [0.717, 1.165) is 0 Å². The molecule has 0 saturated heterocycles. The minimum Gasteiger partial charge on any atom is -0.481 e. The van der Waals surface area contributed by atoms with E-state index in [2.05, 4.69) is 5.32 Å². The molecule has 2 N–H and O–H groups in total. The number of aliphatic carboxylic acids is 1. The molecule has 1 aromatic carbocycles. The molecular formula is C14H18Cl2N2O3. The number of hydrogen-bond donors (Lipinski definition) is 2. The van der Waals surface area contributed by atoms with Crippen molar-refractivity contribution in [2.24, 2.45) is 5.92 Å². The Kier molecular flexibility index (Phi) is 6.95. The quantitative estimate of drug-likeness (QED) is 0.805. The van der Waals surface area contributed by atoms with E-state index in [1.807, 2.05) is 6.92 Å². The minimum absolute atomic E-state index is 0.0942. The van der Waals surface area contributed by atoms with Crippen molar-refractivity contribution in [2.45, 2.75) is 13.8 Å². The van der Waals surface area contributed by atoms with Gasteiger partial charge in [0, 0.05) is 6.54 Å². The third-order valence-corrected chi connectivity index (χ3v) is 3.81. The number of anilines is 1. The molecule has 1 rings (SSSR count). The first-order valence-electron chi connectivity index (χ1n) is 6.54. The Hall–Kier alpha value is -1.30. The average Bonchev–Trinajstić information content (AvgIpc) is 2.42. The Morgan fingerprint density at radius 3 is 2.62 bits per heavy atom. The number of nitrogens with zero attached hydrogens (tertiary/aromatic N) is 1. The summed E-state index contributed by atoms with van der Waals surface area (Å²) in [4.78, 5) is 24.6. The molecule has 0 spiro atoms. The molecule has 1 atom stereocenters. The van der Waals surface area contributed by atoms with Gasteiger partial charge in [0.25, 0.3) is 0 Å². The molecule has 0 saturated carbocycles. The molecular weight excluding hydrogens is 315 g/mol. The molecule has 1 aromatic rings. The predicted octanol–water partition coefficient (Wildman–Crippen LogP) is 2.97. The molecule has 0 radical (unpaired) electrons. The summed E-state index contributed by atoms with van der Waals surface area (Å²) in [5.41, 5.74) is 0.441. The summed E-state index contributed by atoms with van der Waals surface area (Å²) in [7, 11) is 0. The van der Waals surface area contributed by atoms with Crippen molar-refractivity contribution >= 4 is 40.8 Å². The second-order valence-electron chi connectivity index (χ2n) is 4.72. The molecule has 21 heavy (non-hydrogen) atoms. The van der Waals surface area contributed by atoms with E-state index in [0.29, 0.717) is 23.8 Å². The molecule has 1 amide bonds. The number of likely N-dealkylation sites (N-methyl/N-ethyl adjacent to an activating group) is 1. The molecule has 0 aliphatic carbocycles. The fourth-order valence-electron chi connectivity index (χ4n) is 1.76. The molecule has 116 valence electrons. The van der Waals surface area contributed by atoms with Crippen LogP contribution in [0, 0.1) is 5.92 Å². The Morgan fingerprint density at radius 1 is 1.38 bits per heavy atom. The van der Waals surface area contributed by atoms with Crippen LogP contribution in [0.15, 0.2) is 18.2 Å². The number of carboxylic acid groups (broad SMARTS) is 1. The maximum absolute atomic E-state index is 12.0. The number of carboxylic acids is 1. The van der Waals surface area contributed by atoms with Crippen LogP contribution in [0.25, 0.3) is 0 Å². The molecule has 7 heteroatoms. The summed E-state index contributed by atoms with van der Waals surface area (Å²) in [5, 5.41) is 12.2. The lowest BCUT2D eigenvalue weighted by atomic mass is 10.1. The first-order valence-corrected chi connectivity index (χ1v) is 7.29. The number of halogens is 2. The van der Waals surface area contributed by atoms with Crippen molar-refractivity contribution < 1.29 is 14.7 Å². The Bertz CT molecular complexity index is 523. The smallest absolute Gasteiger partial charge is 0.307 e. The number of rotatable bonds is 7. The average molecular weight is 333 g/mol. The van der Waals surface area contributed by atoms with Gasteiger partial charge < -0.3 is 10.4 Å². The highest BCUT2D eigenvalue weighted by atomic mass is 35.5. The van der Waals surface area contributed by atoms with Gasteiger partial charge in [0.1, 0.15) is 0 Å². The Balaban J connectivity index is 2.63. The van der Waals surface area contributed by atoms with Crippen molar-refractivity contribution in [3.63, 3.8) is 0 Å². The van der Waals surface area contributed by atoms with Crippen LogP contribution in [0.3, 0.4) is 0 Å². The summed E-state index contributed by atoms with van der Waals surface area (Å²) in [6.07, 6.45) is 0. The number of amides is 1. The van der Waals surface area contributed by atoms with E-state index < -0.39 is 11.9 Å². The van der Waals surface area contributed by atoms with Crippen LogP contribution >= 0.6 is 23.2 Å². The topological polar surface area (TPSA) is 69.6 Å². The molecule has 0 fully saturated rings. The normalized spacial score (nSPS) is 12.2. The Labute approximate surface area is 133 Å². The zero-order valence-electron chi connectivity index (χ0n) is 11.9. The van der Waals surface area contributed by atoms with E-state index >= 15 is 0 Å². The fourth-order valence-corrected chi connectivity index (χ4v) is 2.11. The van der Waals surface area contributed by atoms with Crippen LogP contribution in [0.2, 0.25) is 10.0 Å². The lowest BCUT2D eigenvalue weighted by Crippen LogP contribution is -2.37. The van der Waals surface area contributed by atoms with Gasteiger partial charge in [-0.25, -0.2) is 0 Å². The highest BCUT2D eigenvalue weighted by Gasteiger charge is 2.17. The molecule has 1 unspecified atom stereocenters. The third-order valence-electron chi connectivity index (χ3n) is 2.99. The lowest BCUT2D eigenvalue weighted by molar-refractivity contribution is -0.142. The summed E-state index contributed by atoms with van der Waals surface area (Å²) >= 11 is 11.9. The van der Waals surface area contributed by atoms with Crippen LogP contribution in [0.4, 0.5) is 5.69 Å². The van der Waals surface area contributed by atoms with Crippen molar-refractivity contribution in [1.82, 2.24) is 4.90 Å². The zero-order chi connectivity index (χ0) is 16.0. The SMILES string of the molecule is CCN(CC(=O)Nc1cccc(Cl)c1Cl)CC(C)C(=O)O. The zero-order valence-corrected chi connectivity index (χ0v) is 13.4. The van der Waals surface area contributed by atoms with Gasteiger partial charge in [-0.05, 0) is 18.7 Å². The van der Waals surface area contributed by atoms with Crippen LogP contribution < -0.4 is 5.32 Å². The van der Waals surface area contributed by atoms with Crippen molar-refractivity contribution in [3.05, 3.63) is 28.2 Å². The van der Waals surface area contributed by atoms with E-state index in [4.69, 9.17) is 28.3 Å². The number of hydrogen-bond acceptors (Lipinski definition) is 3. The van der Waals surface area contributed by atoms with Gasteiger partial charge in [-0.2, -0.15) is 0 Å². The van der Waals surface area contributed by atoms with Crippen LogP contribution in [0.1, 0.15) is 13.8 Å². The van der Waals surface area contributed by atoms with E-state index in [9.17, 15) is 9.59 Å². The number of benzene rings is 1. The summed E-state index contributed by atoms with van der Waals surface area (Å²) in [6, 6.07) is 4.97. The fraction of sp³-hybridized carbons (Fsp3) is 0.429. The standard InChI is InChI=1S/C14H18Cl2N2O3/c1-3-18(7-9(2)14(20)21)8-12(19)17-11-6-4-5-10(15)13(11)16/h4-6,9H,3,7-8H2,1-2H3,(H,17,19)(H,20,21). The highest BCUT2D eigenvalue weighted by molar-refractivity contribution is 6.43. The van der Waals surface area contributed by atoms with Gasteiger partial charge >= 0.3 is 5.97 Å². The second-order valence-corrected chi connectivity index (χ2v) is 5.50. The molecule has 0 aromatic heterocycles. The first-order chi connectivity index (χ1) is 9.85. The lowest BCUT2D eigenvalue weighted by Gasteiger charge is -2.22. The number of carbonyl (C=O) groups excluding carboxylic acids is 1. The van der Waals surface area contributed by atoms with Crippen LogP contribution in [-0.2, 0) is 9.59 Å². The molecule has 5 nitrogen and oxygen atoms in total. The van der Waals surface area contributed by atoms with Crippen LogP contribution in [-0.4, -0.2) is 41.5 Å². The third kappa shape index (κ3) is 5.53. The summed E-state index contributed by atoms with van der Waals surface area (Å²) in [5.74, 6) is -1.68. The predicted molar refractivity (Wildman–Crippen MR) is 84.0 cm³/mol. The molecule has 0 heterocycles. The number of nitrogens with one attached hydrogen (secondary N) is 1. The first kappa shape index (κ1) is 17.8. The summed E-state index contributed by atoms with van der Waals surface area (Å²) < 4.78 is 0. The van der Waals surface area contributed by atoms with Gasteiger partial charge in [0.2, 0.25) is 5.91 Å². The van der Waals surface area contributed by atoms with Gasteiger partial charge in [0.05, 0.1) is 28.2 Å². The van der Waals surface area contributed by atoms with Gasteiger partial charge in [-0.15, -0.1) is 0 Å². The van der Waals surface area contributed by atoms with Gasteiger partial charge in [0.15, 0.2) is 0 Å².